The maximum Gasteiger partial charge on any atom is 0.196 e. The molecule has 0 unspecified atom stereocenters. The lowest BCUT2D eigenvalue weighted by Gasteiger charge is -2.13. The number of hydrogen-bond acceptors (Lipinski definition) is 5. The molecule has 0 aliphatic rings. The van der Waals surface area contributed by atoms with E-state index >= 15 is 0 Å². The first kappa shape index (κ1) is 12.5. The lowest BCUT2D eigenvalue weighted by Crippen LogP contribution is -2.15. The number of Topliss-reactive ketones (excluding diaryl/α,β-unsaturated/α-hetero) is 1. The van der Waals surface area contributed by atoms with Crippen molar-refractivity contribution in [2.24, 2.45) is 0 Å². The van der Waals surface area contributed by atoms with Gasteiger partial charge in [0.2, 0.25) is 0 Å². The number of thiazole rings is 1. The highest BCUT2D eigenvalue weighted by atomic mass is 35.5. The lowest BCUT2D eigenvalue weighted by molar-refractivity contribution is 0.101. The number of carbonyl (C=O) groups excluding carboxylic acids is 1. The summed E-state index contributed by atoms with van der Waals surface area (Å²) < 4.78 is 0. The number of alkyl halides is 1. The largest absolute Gasteiger partial charge is 0.346 e. The van der Waals surface area contributed by atoms with Crippen LogP contribution >= 0.6 is 34.3 Å². The molecule has 0 aromatic carbocycles. The molecule has 2 aromatic heterocycles. The molecule has 0 atom stereocenters. The van der Waals surface area contributed by atoms with Crippen LogP contribution in [0.2, 0.25) is 0 Å². The molecule has 0 saturated heterocycles. The van der Waals surface area contributed by atoms with Crippen molar-refractivity contribution in [2.45, 2.75) is 6.54 Å². The molecule has 0 aliphatic heterocycles. The monoisotopic (exact) mass is 286 g/mol. The first-order chi connectivity index (χ1) is 8.20. The van der Waals surface area contributed by atoms with Gasteiger partial charge in [-0.05, 0) is 11.4 Å². The van der Waals surface area contributed by atoms with Crippen molar-refractivity contribution >= 4 is 45.2 Å². The molecule has 3 nitrogen and oxygen atoms in total. The average Bonchev–Trinajstić information content (AvgIpc) is 2.98. The van der Waals surface area contributed by atoms with Crippen LogP contribution in [0.3, 0.4) is 0 Å². The minimum Gasteiger partial charge on any atom is -0.346 e. The number of nitrogens with zero attached hydrogens (tertiary/aromatic N) is 2. The van der Waals surface area contributed by atoms with Crippen LogP contribution in [-0.2, 0) is 6.54 Å². The first-order valence-electron chi connectivity index (χ1n) is 4.99. The Morgan fingerprint density at radius 2 is 2.35 bits per heavy atom. The smallest absolute Gasteiger partial charge is 0.196 e. The van der Waals surface area contributed by atoms with Crippen molar-refractivity contribution in [2.75, 3.05) is 17.8 Å². The van der Waals surface area contributed by atoms with Crippen molar-refractivity contribution in [1.29, 1.82) is 0 Å². The molecule has 0 saturated carbocycles. The van der Waals surface area contributed by atoms with Gasteiger partial charge in [-0.25, -0.2) is 4.98 Å². The standard InChI is InChI=1S/C11H11ClN2OS2/c1-14(6-8-3-2-4-16-8)11-13-9(7-17-11)10(15)5-12/h2-4,7H,5-6H2,1H3. The number of aromatic nitrogens is 1. The van der Waals surface area contributed by atoms with Crippen LogP contribution in [0.1, 0.15) is 15.4 Å². The first-order valence-corrected chi connectivity index (χ1v) is 7.28. The highest BCUT2D eigenvalue weighted by molar-refractivity contribution is 7.14. The van der Waals surface area contributed by atoms with E-state index in [0.717, 1.165) is 11.7 Å². The topological polar surface area (TPSA) is 33.2 Å². The molecular weight excluding hydrogens is 276 g/mol. The molecule has 2 heterocycles. The quantitative estimate of drug-likeness (QED) is 0.625. The van der Waals surface area contributed by atoms with Gasteiger partial charge in [0.1, 0.15) is 5.69 Å². The summed E-state index contributed by atoms with van der Waals surface area (Å²) >= 11 is 8.67. The normalized spacial score (nSPS) is 10.5. The van der Waals surface area contributed by atoms with Crippen molar-refractivity contribution in [1.82, 2.24) is 4.98 Å². The number of anilines is 1. The van der Waals surface area contributed by atoms with E-state index in [0.29, 0.717) is 5.69 Å². The van der Waals surface area contributed by atoms with Crippen molar-refractivity contribution in [3.05, 3.63) is 33.5 Å². The highest BCUT2D eigenvalue weighted by Gasteiger charge is 2.12. The Kier molecular flexibility index (Phi) is 4.15. The minimum atomic E-state index is -0.126. The van der Waals surface area contributed by atoms with E-state index in [1.165, 1.54) is 16.2 Å². The number of ketones is 1. The van der Waals surface area contributed by atoms with Gasteiger partial charge in [0.25, 0.3) is 0 Å². The molecule has 0 aliphatic carbocycles. The Hall–Kier alpha value is -0.910. The Morgan fingerprint density at radius 3 is 3.00 bits per heavy atom. The SMILES string of the molecule is CN(Cc1cccs1)c1nc(C(=O)CCl)cs1. The fraction of sp³-hybridized carbons (Fsp3) is 0.273. The molecule has 0 bridgehead atoms. The predicted molar refractivity (Wildman–Crippen MR) is 73.6 cm³/mol. The van der Waals surface area contributed by atoms with Gasteiger partial charge in [-0.15, -0.1) is 34.3 Å². The van der Waals surface area contributed by atoms with E-state index in [9.17, 15) is 4.79 Å². The maximum atomic E-state index is 11.4. The molecule has 2 aromatic rings. The van der Waals surface area contributed by atoms with Gasteiger partial charge in [-0.2, -0.15) is 0 Å². The maximum absolute atomic E-state index is 11.4. The Morgan fingerprint density at radius 1 is 1.53 bits per heavy atom. The van der Waals surface area contributed by atoms with E-state index in [1.807, 2.05) is 23.4 Å². The van der Waals surface area contributed by atoms with Gasteiger partial charge in [0, 0.05) is 17.3 Å². The third-order valence-electron chi connectivity index (χ3n) is 2.20. The molecule has 17 heavy (non-hydrogen) atoms. The molecule has 0 N–H and O–H groups in total. The third kappa shape index (κ3) is 3.06. The molecule has 0 radical (unpaired) electrons. The third-order valence-corrected chi connectivity index (χ3v) is 4.26. The van der Waals surface area contributed by atoms with Crippen LogP contribution in [0, 0.1) is 0 Å². The van der Waals surface area contributed by atoms with Crippen molar-refractivity contribution in [3.8, 4) is 0 Å². The van der Waals surface area contributed by atoms with Crippen LogP contribution in [0.25, 0.3) is 0 Å². The van der Waals surface area contributed by atoms with E-state index in [4.69, 9.17) is 11.6 Å². The molecule has 0 amide bonds. The average molecular weight is 287 g/mol. The van der Waals surface area contributed by atoms with Gasteiger partial charge in [-0.1, -0.05) is 6.07 Å². The number of carbonyl (C=O) groups is 1. The molecule has 6 heteroatoms. The summed E-state index contributed by atoms with van der Waals surface area (Å²) in [5, 5.41) is 4.64. The number of thiophene rings is 1. The van der Waals surface area contributed by atoms with E-state index in [1.54, 1.807) is 16.7 Å². The summed E-state index contributed by atoms with van der Waals surface area (Å²) in [7, 11) is 1.97. The van der Waals surface area contributed by atoms with Gasteiger partial charge in [0.05, 0.1) is 12.4 Å². The van der Waals surface area contributed by atoms with Crippen LogP contribution in [-0.4, -0.2) is 23.7 Å². The molecule has 2 rings (SSSR count). The summed E-state index contributed by atoms with van der Waals surface area (Å²) in [5.74, 6) is -0.142. The summed E-state index contributed by atoms with van der Waals surface area (Å²) in [5.41, 5.74) is 0.457. The fourth-order valence-electron chi connectivity index (χ4n) is 1.34. The summed E-state index contributed by atoms with van der Waals surface area (Å²) in [6.07, 6.45) is 0. The van der Waals surface area contributed by atoms with Gasteiger partial charge >= 0.3 is 0 Å². The van der Waals surface area contributed by atoms with Crippen LogP contribution in [0.5, 0.6) is 0 Å². The highest BCUT2D eigenvalue weighted by Crippen LogP contribution is 2.22. The second-order valence-corrected chi connectivity index (χ2v) is 5.64. The van der Waals surface area contributed by atoms with Crippen molar-refractivity contribution in [3.63, 3.8) is 0 Å². The van der Waals surface area contributed by atoms with E-state index < -0.39 is 0 Å². The van der Waals surface area contributed by atoms with Gasteiger partial charge in [-0.3, -0.25) is 4.79 Å². The van der Waals surface area contributed by atoms with Crippen LogP contribution in [0.15, 0.2) is 22.9 Å². The molecule has 90 valence electrons. The molecule has 0 fully saturated rings. The number of halogens is 1. The zero-order chi connectivity index (χ0) is 12.3. The van der Waals surface area contributed by atoms with Crippen molar-refractivity contribution < 1.29 is 4.79 Å². The Balaban J connectivity index is 2.07. The van der Waals surface area contributed by atoms with E-state index in [2.05, 4.69) is 11.1 Å². The predicted octanol–water partition coefficient (Wildman–Crippen LogP) is 3.26. The van der Waals surface area contributed by atoms with Gasteiger partial charge < -0.3 is 4.90 Å². The summed E-state index contributed by atoms with van der Waals surface area (Å²) in [6, 6.07) is 4.11. The van der Waals surface area contributed by atoms with E-state index in [-0.39, 0.29) is 11.7 Å². The Labute approximate surface area is 113 Å². The lowest BCUT2D eigenvalue weighted by atomic mass is 10.3. The van der Waals surface area contributed by atoms with Crippen LogP contribution in [0.4, 0.5) is 5.13 Å². The van der Waals surface area contributed by atoms with Gasteiger partial charge in [0.15, 0.2) is 10.9 Å². The fourth-order valence-corrected chi connectivity index (χ4v) is 3.03. The number of rotatable bonds is 5. The minimum absolute atomic E-state index is 0.0161. The Bertz CT molecular complexity index is 495. The molecular formula is C11H11ClN2OS2. The molecule has 0 spiro atoms. The van der Waals surface area contributed by atoms with Crippen LogP contribution < -0.4 is 4.90 Å². The number of hydrogen-bond donors (Lipinski definition) is 0. The second kappa shape index (κ2) is 5.62. The second-order valence-electron chi connectivity index (χ2n) is 3.51. The summed E-state index contributed by atoms with van der Waals surface area (Å²) in [4.78, 5) is 18.9. The zero-order valence-electron chi connectivity index (χ0n) is 9.22. The summed E-state index contributed by atoms with van der Waals surface area (Å²) in [6.45, 7) is 0.805. The zero-order valence-corrected chi connectivity index (χ0v) is 11.6.